The van der Waals surface area contributed by atoms with Gasteiger partial charge in [-0.25, -0.2) is 9.97 Å². The summed E-state index contributed by atoms with van der Waals surface area (Å²) in [7, 11) is 0. The van der Waals surface area contributed by atoms with E-state index in [2.05, 4.69) is 20.2 Å². The molecule has 7 nitrogen and oxygen atoms in total. The Kier molecular flexibility index (Phi) is 5.45. The van der Waals surface area contributed by atoms with E-state index in [1.54, 1.807) is 0 Å². The van der Waals surface area contributed by atoms with Crippen LogP contribution in [0.3, 0.4) is 0 Å². The molecule has 0 radical (unpaired) electrons. The number of hydrogen-bond donors (Lipinski definition) is 1. The Morgan fingerprint density at radius 1 is 1.30 bits per heavy atom. The molecule has 27 heavy (non-hydrogen) atoms. The van der Waals surface area contributed by atoms with E-state index in [-0.39, 0.29) is 5.91 Å². The van der Waals surface area contributed by atoms with Crippen molar-refractivity contribution in [1.82, 2.24) is 20.2 Å². The Morgan fingerprint density at radius 3 is 2.96 bits per heavy atom. The van der Waals surface area contributed by atoms with Gasteiger partial charge in [0.2, 0.25) is 5.89 Å². The average molecular weight is 386 g/mol. The summed E-state index contributed by atoms with van der Waals surface area (Å²) in [5.41, 5.74) is 3.01. The molecule has 0 atom stereocenters. The third kappa shape index (κ3) is 4.33. The Balaban J connectivity index is 1.29. The summed E-state index contributed by atoms with van der Waals surface area (Å²) in [6.07, 6.45) is 3.90. The topological polar surface area (TPSA) is 84.4 Å². The van der Waals surface area contributed by atoms with Crippen LogP contribution in [0.5, 0.6) is 0 Å². The molecule has 3 heterocycles. The first-order valence-corrected chi connectivity index (χ1v) is 10.1. The number of benzene rings is 1. The summed E-state index contributed by atoms with van der Waals surface area (Å²) in [4.78, 5) is 23.3. The number of amides is 1. The lowest BCUT2D eigenvalue weighted by molar-refractivity contribution is 0.0944. The number of carbonyl (C=O) groups excluding carboxylic acids is 1. The number of likely N-dealkylation sites (tertiary alicyclic amines) is 1. The molecule has 0 bridgehead atoms. The highest BCUT2D eigenvalue weighted by molar-refractivity contribution is 7.98. The molecule has 1 N–H and O–H groups in total. The number of nitrogens with zero attached hydrogens (tertiary/aromatic N) is 3. The van der Waals surface area contributed by atoms with Gasteiger partial charge in [-0.2, -0.15) is 0 Å². The third-order valence-corrected chi connectivity index (χ3v) is 5.43. The van der Waals surface area contributed by atoms with Crippen LogP contribution in [0.2, 0.25) is 0 Å². The normalized spacial score (nSPS) is 14.9. The van der Waals surface area contributed by atoms with Crippen molar-refractivity contribution in [3.63, 3.8) is 0 Å². The first-order chi connectivity index (χ1) is 13.2. The monoisotopic (exact) mass is 386 g/mol. The molecule has 0 saturated carbocycles. The molecule has 2 aromatic heterocycles. The number of hydrogen-bond acceptors (Lipinski definition) is 7. The van der Waals surface area contributed by atoms with Crippen molar-refractivity contribution >= 4 is 28.8 Å². The predicted octanol–water partition coefficient (Wildman–Crippen LogP) is 3.24. The molecule has 1 saturated heterocycles. The van der Waals surface area contributed by atoms with Crippen LogP contribution >= 0.6 is 11.8 Å². The zero-order valence-corrected chi connectivity index (χ0v) is 16.1. The SMILES string of the molecule is Cc1cccc2oc(SCc3nc(C(=O)NCCN4CCCC4)co3)nc12. The van der Waals surface area contributed by atoms with Gasteiger partial charge in [0.25, 0.3) is 11.1 Å². The highest BCUT2D eigenvalue weighted by Gasteiger charge is 2.15. The van der Waals surface area contributed by atoms with Gasteiger partial charge in [0.1, 0.15) is 11.8 Å². The maximum atomic E-state index is 12.2. The molecule has 3 aromatic rings. The van der Waals surface area contributed by atoms with E-state index in [1.165, 1.54) is 30.9 Å². The van der Waals surface area contributed by atoms with Gasteiger partial charge in [-0.05, 0) is 44.5 Å². The van der Waals surface area contributed by atoms with E-state index in [4.69, 9.17) is 8.83 Å². The lowest BCUT2D eigenvalue weighted by atomic mass is 10.2. The fourth-order valence-corrected chi connectivity index (χ4v) is 3.84. The van der Waals surface area contributed by atoms with E-state index in [9.17, 15) is 4.79 Å². The van der Waals surface area contributed by atoms with E-state index in [1.807, 2.05) is 25.1 Å². The largest absolute Gasteiger partial charge is 0.447 e. The summed E-state index contributed by atoms with van der Waals surface area (Å²) in [6, 6.07) is 5.84. The lowest BCUT2D eigenvalue weighted by Crippen LogP contribution is -2.33. The minimum Gasteiger partial charge on any atom is -0.447 e. The number of aryl methyl sites for hydroxylation is 1. The molecule has 1 fully saturated rings. The summed E-state index contributed by atoms with van der Waals surface area (Å²) in [5.74, 6) is 0.725. The van der Waals surface area contributed by atoms with Crippen molar-refractivity contribution in [3.8, 4) is 0 Å². The minimum absolute atomic E-state index is 0.202. The first kappa shape index (κ1) is 18.1. The molecular formula is C19H22N4O3S. The predicted molar refractivity (Wildman–Crippen MR) is 103 cm³/mol. The second-order valence-corrected chi connectivity index (χ2v) is 7.55. The first-order valence-electron chi connectivity index (χ1n) is 9.13. The number of rotatable bonds is 7. The van der Waals surface area contributed by atoms with Gasteiger partial charge in [0.05, 0.1) is 5.75 Å². The molecule has 1 amide bonds. The van der Waals surface area contributed by atoms with Gasteiger partial charge in [0, 0.05) is 13.1 Å². The Morgan fingerprint density at radius 2 is 2.15 bits per heavy atom. The van der Waals surface area contributed by atoms with Crippen molar-refractivity contribution in [3.05, 3.63) is 41.6 Å². The van der Waals surface area contributed by atoms with Crippen LogP contribution in [0.25, 0.3) is 11.1 Å². The van der Waals surface area contributed by atoms with Gasteiger partial charge >= 0.3 is 0 Å². The number of oxazole rings is 2. The van der Waals surface area contributed by atoms with Gasteiger partial charge in [-0.15, -0.1) is 0 Å². The van der Waals surface area contributed by atoms with Gasteiger partial charge in [0.15, 0.2) is 11.3 Å². The zero-order valence-electron chi connectivity index (χ0n) is 15.2. The summed E-state index contributed by atoms with van der Waals surface area (Å²) < 4.78 is 11.1. The molecule has 0 aliphatic carbocycles. The van der Waals surface area contributed by atoms with E-state index >= 15 is 0 Å². The third-order valence-electron chi connectivity index (χ3n) is 4.62. The number of para-hydroxylation sites is 1. The van der Waals surface area contributed by atoms with Crippen LogP contribution in [0.15, 0.2) is 38.5 Å². The summed E-state index contributed by atoms with van der Waals surface area (Å²) >= 11 is 1.40. The van der Waals surface area contributed by atoms with E-state index in [0.717, 1.165) is 36.3 Å². The maximum Gasteiger partial charge on any atom is 0.273 e. The molecule has 1 aromatic carbocycles. The standard InChI is InChI=1S/C19H22N4O3S/c1-13-5-4-6-15-17(13)22-19(26-15)27-12-16-21-14(11-25-16)18(24)20-7-10-23-8-2-3-9-23/h4-6,11H,2-3,7-10,12H2,1H3,(H,20,24). The van der Waals surface area contributed by atoms with Gasteiger partial charge in [-0.1, -0.05) is 23.9 Å². The van der Waals surface area contributed by atoms with E-state index in [0.29, 0.717) is 29.1 Å². The van der Waals surface area contributed by atoms with Crippen LogP contribution in [-0.4, -0.2) is 47.0 Å². The zero-order chi connectivity index (χ0) is 18.6. The van der Waals surface area contributed by atoms with Crippen LogP contribution < -0.4 is 5.32 Å². The smallest absolute Gasteiger partial charge is 0.273 e. The van der Waals surface area contributed by atoms with Gasteiger partial charge in [-0.3, -0.25) is 4.79 Å². The maximum absolute atomic E-state index is 12.2. The molecular weight excluding hydrogens is 364 g/mol. The van der Waals surface area contributed by atoms with Crippen molar-refractivity contribution in [2.75, 3.05) is 26.2 Å². The Hall–Kier alpha value is -2.32. The molecule has 1 aliphatic heterocycles. The minimum atomic E-state index is -0.202. The molecule has 142 valence electrons. The second kappa shape index (κ2) is 8.14. The Bertz CT molecular complexity index is 930. The molecule has 4 rings (SSSR count). The van der Waals surface area contributed by atoms with Crippen LogP contribution in [-0.2, 0) is 5.75 Å². The van der Waals surface area contributed by atoms with Crippen LogP contribution in [0.1, 0.15) is 34.8 Å². The quantitative estimate of drug-likeness (QED) is 0.624. The number of fused-ring (bicyclic) bond motifs is 1. The number of thioether (sulfide) groups is 1. The average Bonchev–Trinajstić information content (AvgIpc) is 3.40. The number of aromatic nitrogens is 2. The molecule has 1 aliphatic rings. The number of nitrogens with one attached hydrogen (secondary N) is 1. The Labute approximate surface area is 161 Å². The van der Waals surface area contributed by atoms with E-state index < -0.39 is 0 Å². The fourth-order valence-electron chi connectivity index (χ4n) is 3.16. The van der Waals surface area contributed by atoms with Crippen LogP contribution in [0, 0.1) is 6.92 Å². The van der Waals surface area contributed by atoms with Crippen molar-refractivity contribution in [2.24, 2.45) is 0 Å². The molecule has 0 unspecified atom stereocenters. The van der Waals surface area contributed by atoms with Crippen molar-refractivity contribution in [1.29, 1.82) is 0 Å². The molecule has 0 spiro atoms. The fraction of sp³-hybridized carbons (Fsp3) is 0.421. The number of carbonyl (C=O) groups is 1. The highest BCUT2D eigenvalue weighted by Crippen LogP contribution is 2.27. The van der Waals surface area contributed by atoms with Crippen molar-refractivity contribution in [2.45, 2.75) is 30.7 Å². The summed E-state index contributed by atoms with van der Waals surface area (Å²) in [6.45, 7) is 5.75. The summed E-state index contributed by atoms with van der Waals surface area (Å²) in [5, 5.41) is 3.46. The van der Waals surface area contributed by atoms with Crippen molar-refractivity contribution < 1.29 is 13.6 Å². The second-order valence-electron chi connectivity index (χ2n) is 6.62. The lowest BCUT2D eigenvalue weighted by Gasteiger charge is -2.14. The van der Waals surface area contributed by atoms with Gasteiger partial charge < -0.3 is 19.1 Å². The van der Waals surface area contributed by atoms with Crippen LogP contribution in [0.4, 0.5) is 0 Å². The highest BCUT2D eigenvalue weighted by atomic mass is 32.2. The molecule has 8 heteroatoms.